The predicted octanol–water partition coefficient (Wildman–Crippen LogP) is 4.76. The number of ether oxygens (including phenoxy) is 2. The molecule has 0 aromatic heterocycles. The average molecular weight is 471 g/mol. The summed E-state index contributed by atoms with van der Waals surface area (Å²) < 4.78 is 14.5. The molecule has 2 aliphatic rings. The summed E-state index contributed by atoms with van der Waals surface area (Å²) in [5, 5.41) is 0. The quantitative estimate of drug-likeness (QED) is 0.568. The van der Waals surface area contributed by atoms with Crippen LogP contribution in [0.25, 0.3) is 0 Å². The molecule has 4 heteroatoms. The fourth-order valence-corrected chi connectivity index (χ4v) is 9.23. The van der Waals surface area contributed by atoms with Crippen LogP contribution in [0.15, 0.2) is 60.7 Å². The van der Waals surface area contributed by atoms with Crippen molar-refractivity contribution in [2.24, 2.45) is 11.8 Å². The topological polar surface area (TPSA) is 21.7 Å². The van der Waals surface area contributed by atoms with Crippen molar-refractivity contribution in [3.8, 4) is 0 Å². The molecule has 0 bridgehead atoms. The van der Waals surface area contributed by atoms with Gasteiger partial charge in [0.2, 0.25) is 0 Å². The van der Waals surface area contributed by atoms with E-state index in [0.29, 0.717) is 11.8 Å². The summed E-state index contributed by atoms with van der Waals surface area (Å²) in [5.74, 6) is 1.10. The Morgan fingerprint density at radius 3 is 2.07 bits per heavy atom. The number of rotatable bonds is 6. The summed E-state index contributed by atoms with van der Waals surface area (Å²) >= 11 is -2.46. The standard InChI is InChI=1S/C20H21NO2.3CH3.Sn/c1-3-7-15(8-4-1)19(16-9-5-2-6-10-16)21-13-17-14-23-20-18(17)11-12-22-20;;;;/h1-10,17-18,20H,11-14H2;3*1H3;/q-1;;;;+1/t17-,18-,20+;;;;/m0..../s1. The van der Waals surface area contributed by atoms with Crippen LogP contribution in [0.4, 0.5) is 0 Å². The number of fused-ring (bicyclic) bond motifs is 1. The van der Waals surface area contributed by atoms with Crippen molar-refractivity contribution < 1.29 is 9.47 Å². The minimum atomic E-state index is -2.46. The van der Waals surface area contributed by atoms with Crippen LogP contribution in [0.2, 0.25) is 14.8 Å². The summed E-state index contributed by atoms with van der Waals surface area (Å²) in [6.07, 6.45) is 1.17. The van der Waals surface area contributed by atoms with E-state index in [2.05, 4.69) is 78.6 Å². The van der Waals surface area contributed by atoms with E-state index in [4.69, 9.17) is 9.47 Å². The molecular weight excluding hydrogens is 441 g/mol. The predicted molar refractivity (Wildman–Crippen MR) is 112 cm³/mol. The van der Waals surface area contributed by atoms with E-state index >= 15 is 0 Å². The van der Waals surface area contributed by atoms with Gasteiger partial charge in [0.25, 0.3) is 0 Å². The molecule has 0 N–H and O–H groups in total. The Labute approximate surface area is 167 Å². The van der Waals surface area contributed by atoms with Crippen molar-refractivity contribution in [1.29, 1.82) is 0 Å². The van der Waals surface area contributed by atoms with Crippen LogP contribution in [-0.4, -0.2) is 47.8 Å². The van der Waals surface area contributed by atoms with Gasteiger partial charge in [0.05, 0.1) is 0 Å². The van der Waals surface area contributed by atoms with Gasteiger partial charge in [0.1, 0.15) is 0 Å². The van der Waals surface area contributed by atoms with Crippen LogP contribution in [0, 0.1) is 17.9 Å². The molecule has 3 nitrogen and oxygen atoms in total. The second-order valence-corrected chi connectivity index (χ2v) is 22.6. The fourth-order valence-electron chi connectivity index (χ4n) is 4.35. The van der Waals surface area contributed by atoms with Gasteiger partial charge in [0, 0.05) is 0 Å². The van der Waals surface area contributed by atoms with Crippen LogP contribution in [0.3, 0.4) is 0 Å². The van der Waals surface area contributed by atoms with Crippen LogP contribution in [0.5, 0.6) is 0 Å². The molecule has 0 amide bonds. The van der Waals surface area contributed by atoms with Crippen LogP contribution >= 0.6 is 0 Å². The summed E-state index contributed by atoms with van der Waals surface area (Å²) in [6, 6.07) is 23.2. The molecule has 143 valence electrons. The van der Waals surface area contributed by atoms with E-state index in [-0.39, 0.29) is 6.29 Å². The molecule has 0 spiro atoms. The maximum absolute atomic E-state index is 5.96. The molecular formula is C23H30NO2Sn. The first-order chi connectivity index (χ1) is 13.0. The molecule has 2 fully saturated rings. The third-order valence-corrected chi connectivity index (χ3v) is 11.5. The van der Waals surface area contributed by atoms with Gasteiger partial charge >= 0.3 is 168 Å². The Bertz CT molecular complexity index is 692. The van der Waals surface area contributed by atoms with Crippen molar-refractivity contribution in [3.63, 3.8) is 0 Å². The van der Waals surface area contributed by atoms with E-state index in [0.717, 1.165) is 26.2 Å². The molecule has 27 heavy (non-hydrogen) atoms. The number of benzene rings is 2. The molecule has 0 aliphatic carbocycles. The zero-order valence-corrected chi connectivity index (χ0v) is 19.5. The number of hydrogen-bond donors (Lipinski definition) is 0. The Hall–Kier alpha value is -0.881. The fraction of sp³-hybridized carbons (Fsp3) is 0.435. The zero-order chi connectivity index (χ0) is 18.9. The van der Waals surface area contributed by atoms with E-state index in [9.17, 15) is 0 Å². The monoisotopic (exact) mass is 472 g/mol. The normalized spacial score (nSPS) is 25.3. The molecule has 0 saturated carbocycles. The third-order valence-electron chi connectivity index (χ3n) is 5.75. The van der Waals surface area contributed by atoms with E-state index in [1.165, 1.54) is 17.2 Å². The van der Waals surface area contributed by atoms with Gasteiger partial charge in [-0.05, 0) is 0 Å². The third kappa shape index (κ3) is 4.26. The molecule has 0 unspecified atom stereocenters. The molecule has 4 rings (SSSR count). The summed E-state index contributed by atoms with van der Waals surface area (Å²) in [4.78, 5) is 7.54. The van der Waals surface area contributed by atoms with Gasteiger partial charge < -0.3 is 0 Å². The second kappa shape index (κ2) is 8.24. The first kappa shape index (κ1) is 19.4. The molecule has 2 heterocycles. The SMILES string of the molecule is [CH3][Sn]([CH3])([CH3])[N](C[C@H]1CO[C@H]2OCC[C@@H]12)[C](c1ccccc1)c1ccccc1. The average Bonchev–Trinajstić information content (AvgIpc) is 3.27. The summed E-state index contributed by atoms with van der Waals surface area (Å²) in [7, 11) is 0. The van der Waals surface area contributed by atoms with Crippen molar-refractivity contribution in [2.75, 3.05) is 19.8 Å². The molecule has 2 aliphatic heterocycles. The Kier molecular flexibility index (Phi) is 5.93. The van der Waals surface area contributed by atoms with Crippen molar-refractivity contribution >= 4 is 18.7 Å². The van der Waals surface area contributed by atoms with E-state index in [1.54, 1.807) is 0 Å². The van der Waals surface area contributed by atoms with E-state index in [1.807, 2.05) is 0 Å². The number of hydrogen-bond acceptors (Lipinski definition) is 3. The molecule has 2 aromatic carbocycles. The Morgan fingerprint density at radius 1 is 0.926 bits per heavy atom. The van der Waals surface area contributed by atoms with Crippen molar-refractivity contribution in [2.45, 2.75) is 27.5 Å². The van der Waals surface area contributed by atoms with E-state index < -0.39 is 18.7 Å². The first-order valence-corrected chi connectivity index (χ1v) is 19.9. The van der Waals surface area contributed by atoms with Gasteiger partial charge in [-0.1, -0.05) is 0 Å². The molecule has 1 radical (unpaired) electrons. The Balaban J connectivity index is 1.69. The maximum atomic E-state index is 5.96. The van der Waals surface area contributed by atoms with Gasteiger partial charge in [-0.15, -0.1) is 0 Å². The summed E-state index contributed by atoms with van der Waals surface area (Å²) in [5.41, 5.74) is 2.63. The zero-order valence-electron chi connectivity index (χ0n) is 16.6. The minimum absolute atomic E-state index is 0.0314. The second-order valence-electron chi connectivity index (χ2n) is 8.65. The van der Waals surface area contributed by atoms with Gasteiger partial charge in [0.15, 0.2) is 0 Å². The van der Waals surface area contributed by atoms with Crippen LogP contribution in [0.1, 0.15) is 17.5 Å². The first-order valence-electron chi connectivity index (χ1n) is 10.0. The van der Waals surface area contributed by atoms with Crippen molar-refractivity contribution in [3.05, 3.63) is 77.8 Å². The number of nitrogens with zero attached hydrogens (tertiary/aromatic N) is 1. The summed E-state index contributed by atoms with van der Waals surface area (Å²) in [6.45, 7) is 2.74. The van der Waals surface area contributed by atoms with Crippen LogP contribution in [-0.2, 0) is 9.47 Å². The molecule has 2 saturated heterocycles. The van der Waals surface area contributed by atoms with Gasteiger partial charge in [-0.25, -0.2) is 0 Å². The Morgan fingerprint density at radius 2 is 1.52 bits per heavy atom. The molecule has 3 atom stereocenters. The van der Waals surface area contributed by atoms with Crippen molar-refractivity contribution in [1.82, 2.24) is 3.12 Å². The van der Waals surface area contributed by atoms with Gasteiger partial charge in [-0.2, -0.15) is 0 Å². The van der Waals surface area contributed by atoms with Crippen LogP contribution < -0.4 is 0 Å². The van der Waals surface area contributed by atoms with Gasteiger partial charge in [-0.3, -0.25) is 0 Å². The molecule has 2 aromatic rings.